The fourth-order valence-corrected chi connectivity index (χ4v) is 3.42. The van der Waals surface area contributed by atoms with Crippen molar-refractivity contribution in [2.24, 2.45) is 10.6 Å². The quantitative estimate of drug-likeness (QED) is 0.629. The second-order valence-electron chi connectivity index (χ2n) is 6.81. The van der Waals surface area contributed by atoms with Gasteiger partial charge in [0.15, 0.2) is 5.84 Å². The third-order valence-electron chi connectivity index (χ3n) is 5.32. The first-order valence-corrected chi connectivity index (χ1v) is 7.65. The molecular formula is C16H21N3O4. The van der Waals surface area contributed by atoms with Gasteiger partial charge in [-0.3, -0.25) is 15.0 Å². The minimum atomic E-state index is -1.02. The van der Waals surface area contributed by atoms with E-state index in [1.807, 2.05) is 11.8 Å². The molecule has 7 heteroatoms. The summed E-state index contributed by atoms with van der Waals surface area (Å²) in [7, 11) is 0. The van der Waals surface area contributed by atoms with Crippen molar-refractivity contribution in [3.05, 3.63) is 39.9 Å². The monoisotopic (exact) mass is 319 g/mol. The van der Waals surface area contributed by atoms with Crippen LogP contribution in [0.3, 0.4) is 0 Å². The van der Waals surface area contributed by atoms with Crippen LogP contribution in [0, 0.1) is 15.5 Å². The second-order valence-corrected chi connectivity index (χ2v) is 6.81. The molecule has 2 heterocycles. The van der Waals surface area contributed by atoms with Gasteiger partial charge in [-0.2, -0.15) is 0 Å². The smallest absolute Gasteiger partial charge is 0.328 e. The molecule has 2 aliphatic heterocycles. The Morgan fingerprint density at radius 2 is 1.96 bits per heavy atom. The van der Waals surface area contributed by atoms with Crippen molar-refractivity contribution in [3.8, 4) is 0 Å². The first kappa shape index (κ1) is 15.7. The van der Waals surface area contributed by atoms with Crippen molar-refractivity contribution in [1.82, 2.24) is 4.90 Å². The van der Waals surface area contributed by atoms with E-state index in [-0.39, 0.29) is 16.6 Å². The fourth-order valence-electron chi connectivity index (χ4n) is 3.42. The van der Waals surface area contributed by atoms with E-state index in [9.17, 15) is 10.1 Å². The minimum Gasteiger partial charge on any atom is -0.336 e. The number of fused-ring (bicyclic) bond motifs is 1. The highest BCUT2D eigenvalue weighted by Gasteiger charge is 2.78. The zero-order chi connectivity index (χ0) is 17.0. The van der Waals surface area contributed by atoms with Gasteiger partial charge in [0, 0.05) is 6.07 Å². The van der Waals surface area contributed by atoms with Gasteiger partial charge in [-0.1, -0.05) is 17.3 Å². The molecule has 0 bridgehead atoms. The largest absolute Gasteiger partial charge is 0.336 e. The van der Waals surface area contributed by atoms with E-state index in [0.717, 1.165) is 0 Å². The van der Waals surface area contributed by atoms with Crippen molar-refractivity contribution < 1.29 is 14.5 Å². The van der Waals surface area contributed by atoms with Crippen LogP contribution in [0.4, 0.5) is 5.69 Å². The maximum Gasteiger partial charge on any atom is 0.328 e. The SMILES string of the molecule is CCOC12ON=C(c3ccccc3[N+](=O)[O-])N1C(C)(C)C2(C)C. The molecule has 1 aromatic rings. The Balaban J connectivity index is 2.10. The van der Waals surface area contributed by atoms with Crippen LogP contribution in [0.15, 0.2) is 29.4 Å². The number of nitro groups is 1. The molecule has 1 unspecified atom stereocenters. The van der Waals surface area contributed by atoms with E-state index < -0.39 is 10.8 Å². The average molecular weight is 319 g/mol. The van der Waals surface area contributed by atoms with Crippen molar-refractivity contribution in [2.75, 3.05) is 6.61 Å². The van der Waals surface area contributed by atoms with Crippen LogP contribution >= 0.6 is 0 Å². The lowest BCUT2D eigenvalue weighted by Gasteiger charge is -2.68. The maximum absolute atomic E-state index is 11.3. The third kappa shape index (κ3) is 1.71. The summed E-state index contributed by atoms with van der Waals surface area (Å²) in [6, 6.07) is 6.54. The van der Waals surface area contributed by atoms with Gasteiger partial charge in [0.2, 0.25) is 0 Å². The number of hydrogen-bond donors (Lipinski definition) is 0. The van der Waals surface area contributed by atoms with Gasteiger partial charge in [0.1, 0.15) is 0 Å². The molecular weight excluding hydrogens is 298 g/mol. The Morgan fingerprint density at radius 3 is 2.57 bits per heavy atom. The highest BCUT2D eigenvalue weighted by Crippen LogP contribution is 2.63. The number of benzene rings is 1. The molecule has 3 rings (SSSR count). The predicted octanol–water partition coefficient (Wildman–Crippen LogP) is 3.10. The standard InChI is InChI=1S/C16H21N3O4/c1-6-22-16-14(2,3)15(4,5)18(16)13(17-23-16)11-9-7-8-10-12(11)19(20)21/h7-10H,6H2,1-5H3. The maximum atomic E-state index is 11.3. The van der Waals surface area contributed by atoms with Gasteiger partial charge < -0.3 is 9.57 Å². The third-order valence-corrected chi connectivity index (χ3v) is 5.32. The zero-order valence-electron chi connectivity index (χ0n) is 14.0. The van der Waals surface area contributed by atoms with Gasteiger partial charge >= 0.3 is 5.91 Å². The summed E-state index contributed by atoms with van der Waals surface area (Å²) in [4.78, 5) is 18.5. The van der Waals surface area contributed by atoms with E-state index in [4.69, 9.17) is 9.57 Å². The lowest BCUT2D eigenvalue weighted by Crippen LogP contribution is -2.83. The fraction of sp³-hybridized carbons (Fsp3) is 0.562. The van der Waals surface area contributed by atoms with Gasteiger partial charge in [0.25, 0.3) is 5.69 Å². The molecule has 1 aromatic carbocycles. The summed E-state index contributed by atoms with van der Waals surface area (Å²) in [6.45, 7) is 10.6. The Morgan fingerprint density at radius 1 is 1.30 bits per heavy atom. The average Bonchev–Trinajstić information content (AvgIpc) is 2.87. The van der Waals surface area contributed by atoms with Crippen LogP contribution in [0.1, 0.15) is 40.2 Å². The number of hydrogen-bond acceptors (Lipinski definition) is 6. The number of rotatable bonds is 4. The van der Waals surface area contributed by atoms with E-state index in [2.05, 4.69) is 32.9 Å². The molecule has 7 nitrogen and oxygen atoms in total. The van der Waals surface area contributed by atoms with Crippen molar-refractivity contribution >= 4 is 11.5 Å². The summed E-state index contributed by atoms with van der Waals surface area (Å²) in [6.07, 6.45) is 0. The van der Waals surface area contributed by atoms with Gasteiger partial charge in [-0.15, -0.1) is 0 Å². The first-order valence-electron chi connectivity index (χ1n) is 7.65. The summed E-state index contributed by atoms with van der Waals surface area (Å²) in [5.74, 6) is -0.584. The topological polar surface area (TPSA) is 77.2 Å². The molecule has 0 aromatic heterocycles. The van der Waals surface area contributed by atoms with Gasteiger partial charge in [-0.05, 0) is 40.7 Å². The van der Waals surface area contributed by atoms with Crippen LogP contribution in [0.25, 0.3) is 0 Å². The Bertz CT molecular complexity index is 698. The van der Waals surface area contributed by atoms with E-state index >= 15 is 0 Å². The van der Waals surface area contributed by atoms with Crippen LogP contribution in [-0.4, -0.2) is 33.7 Å². The van der Waals surface area contributed by atoms with E-state index in [1.54, 1.807) is 18.2 Å². The predicted molar refractivity (Wildman–Crippen MR) is 84.8 cm³/mol. The van der Waals surface area contributed by atoms with Crippen molar-refractivity contribution in [1.29, 1.82) is 0 Å². The molecule has 0 spiro atoms. The summed E-state index contributed by atoms with van der Waals surface area (Å²) < 4.78 is 5.91. The molecule has 1 saturated heterocycles. The summed E-state index contributed by atoms with van der Waals surface area (Å²) in [5.41, 5.74) is -0.239. The Kier molecular flexibility index (Phi) is 3.20. The van der Waals surface area contributed by atoms with E-state index in [1.165, 1.54) is 6.07 Å². The highest BCUT2D eigenvalue weighted by molar-refractivity contribution is 6.04. The molecule has 23 heavy (non-hydrogen) atoms. The molecule has 1 fully saturated rings. The second kappa shape index (κ2) is 4.67. The number of ether oxygens (including phenoxy) is 1. The minimum absolute atomic E-state index is 0.00246. The summed E-state index contributed by atoms with van der Waals surface area (Å²) >= 11 is 0. The lowest BCUT2D eigenvalue weighted by molar-refractivity contribution is -0.433. The molecule has 124 valence electrons. The molecule has 0 amide bonds. The highest BCUT2D eigenvalue weighted by atomic mass is 16.8. The van der Waals surface area contributed by atoms with Crippen LogP contribution < -0.4 is 0 Å². The normalized spacial score (nSPS) is 26.8. The molecule has 0 radical (unpaired) electrons. The number of oxime groups is 1. The van der Waals surface area contributed by atoms with Crippen molar-refractivity contribution in [2.45, 2.75) is 46.1 Å². The van der Waals surface area contributed by atoms with Gasteiger partial charge in [-0.25, -0.2) is 0 Å². The number of nitro benzene ring substituents is 1. The van der Waals surface area contributed by atoms with Crippen LogP contribution in [0.2, 0.25) is 0 Å². The first-order chi connectivity index (χ1) is 10.7. The molecule has 0 aliphatic carbocycles. The van der Waals surface area contributed by atoms with Crippen LogP contribution in [-0.2, 0) is 9.57 Å². The Labute approximate surface area is 135 Å². The lowest BCUT2D eigenvalue weighted by atomic mass is 9.61. The number of amidine groups is 1. The molecule has 0 N–H and O–H groups in total. The summed E-state index contributed by atoms with van der Waals surface area (Å²) in [5, 5.41) is 15.5. The zero-order valence-corrected chi connectivity index (χ0v) is 14.0. The number of para-hydroxylation sites is 1. The number of nitrogens with zero attached hydrogens (tertiary/aromatic N) is 3. The molecule has 1 atom stereocenters. The van der Waals surface area contributed by atoms with Gasteiger partial charge in [0.05, 0.1) is 28.0 Å². The Hall–Kier alpha value is -2.15. The molecule has 2 aliphatic rings. The van der Waals surface area contributed by atoms with Crippen molar-refractivity contribution in [3.63, 3.8) is 0 Å². The molecule has 0 saturated carbocycles. The van der Waals surface area contributed by atoms with E-state index in [0.29, 0.717) is 18.0 Å². The van der Waals surface area contributed by atoms with Crippen LogP contribution in [0.5, 0.6) is 0 Å².